The van der Waals surface area contributed by atoms with E-state index < -0.39 is 0 Å². The van der Waals surface area contributed by atoms with Gasteiger partial charge in [0.15, 0.2) is 5.78 Å². The highest BCUT2D eigenvalue weighted by atomic mass is 16.5. The van der Waals surface area contributed by atoms with Crippen molar-refractivity contribution in [3.05, 3.63) is 58.7 Å². The Labute approximate surface area is 177 Å². The van der Waals surface area contributed by atoms with Gasteiger partial charge >= 0.3 is 0 Å². The summed E-state index contributed by atoms with van der Waals surface area (Å²) >= 11 is 0. The average molecular weight is 411 g/mol. The minimum absolute atomic E-state index is 0.117. The Morgan fingerprint density at radius 1 is 1.10 bits per heavy atom. The summed E-state index contributed by atoms with van der Waals surface area (Å²) in [7, 11) is 3.05. The molecule has 0 atom stereocenters. The number of rotatable bonds is 8. The van der Waals surface area contributed by atoms with Gasteiger partial charge in [-0.25, -0.2) is 0 Å². The van der Waals surface area contributed by atoms with Crippen LogP contribution in [-0.4, -0.2) is 48.2 Å². The van der Waals surface area contributed by atoms with Crippen LogP contribution in [0.15, 0.2) is 36.4 Å². The van der Waals surface area contributed by atoms with Gasteiger partial charge in [-0.2, -0.15) is 0 Å². The minimum Gasteiger partial charge on any atom is -0.507 e. The Balaban J connectivity index is 1.91. The number of carbonyl (C=O) groups excluding carboxylic acids is 1. The first-order chi connectivity index (χ1) is 14.6. The maximum Gasteiger partial charge on any atom is 0.193 e. The number of allylic oxidation sites excluding steroid dienone is 1. The molecule has 1 aliphatic heterocycles. The van der Waals surface area contributed by atoms with Gasteiger partial charge in [-0.1, -0.05) is 24.6 Å². The minimum atomic E-state index is -0.357. The van der Waals surface area contributed by atoms with E-state index in [0.29, 0.717) is 17.7 Å². The van der Waals surface area contributed by atoms with E-state index in [-0.39, 0.29) is 29.5 Å². The molecule has 30 heavy (non-hydrogen) atoms. The number of likely N-dealkylation sites (tertiary alicyclic amines) is 1. The zero-order valence-corrected chi connectivity index (χ0v) is 17.6. The fourth-order valence-corrected chi connectivity index (χ4v) is 3.77. The summed E-state index contributed by atoms with van der Waals surface area (Å²) in [4.78, 5) is 15.2. The van der Waals surface area contributed by atoms with Crippen LogP contribution in [0.5, 0.6) is 17.2 Å². The SMILES string of the molecule is COc1ccc(C=CC(=O)c2c(OC)cc(CO)c(CN3CCCCC3)c2O)cc1. The second-order valence-corrected chi connectivity index (χ2v) is 7.41. The molecule has 6 nitrogen and oxygen atoms in total. The molecule has 0 radical (unpaired) electrons. The van der Waals surface area contributed by atoms with Crippen molar-refractivity contribution in [2.75, 3.05) is 27.3 Å². The predicted molar refractivity (Wildman–Crippen MR) is 116 cm³/mol. The van der Waals surface area contributed by atoms with E-state index >= 15 is 0 Å². The number of aliphatic hydroxyl groups is 1. The summed E-state index contributed by atoms with van der Waals surface area (Å²) in [5.74, 6) is 0.515. The molecule has 0 saturated carbocycles. The van der Waals surface area contributed by atoms with Crippen molar-refractivity contribution < 1.29 is 24.5 Å². The van der Waals surface area contributed by atoms with Crippen molar-refractivity contribution in [1.29, 1.82) is 0 Å². The van der Waals surface area contributed by atoms with Crippen LogP contribution in [0.3, 0.4) is 0 Å². The molecule has 6 heteroatoms. The number of methoxy groups -OCH3 is 2. The molecule has 1 fully saturated rings. The largest absolute Gasteiger partial charge is 0.507 e. The molecule has 1 aliphatic rings. The number of benzene rings is 2. The fourth-order valence-electron chi connectivity index (χ4n) is 3.77. The number of carbonyl (C=O) groups is 1. The molecule has 1 saturated heterocycles. The van der Waals surface area contributed by atoms with Gasteiger partial charge < -0.3 is 19.7 Å². The summed E-state index contributed by atoms with van der Waals surface area (Å²) in [5.41, 5.74) is 2.11. The molecule has 0 spiro atoms. The van der Waals surface area contributed by atoms with E-state index in [4.69, 9.17) is 9.47 Å². The topological polar surface area (TPSA) is 79.2 Å². The van der Waals surface area contributed by atoms with Gasteiger partial charge in [0.1, 0.15) is 22.8 Å². The van der Waals surface area contributed by atoms with Gasteiger partial charge in [0, 0.05) is 12.1 Å². The number of nitrogens with zero attached hydrogens (tertiary/aromatic N) is 1. The van der Waals surface area contributed by atoms with Gasteiger partial charge in [-0.15, -0.1) is 0 Å². The number of phenols is 1. The highest BCUT2D eigenvalue weighted by molar-refractivity contribution is 6.10. The van der Waals surface area contributed by atoms with Crippen LogP contribution in [0.4, 0.5) is 0 Å². The molecule has 1 heterocycles. The first kappa shape index (κ1) is 21.9. The molecule has 2 aromatic rings. The van der Waals surface area contributed by atoms with Crippen LogP contribution in [0, 0.1) is 0 Å². The van der Waals surface area contributed by atoms with Crippen molar-refractivity contribution in [1.82, 2.24) is 4.90 Å². The summed E-state index contributed by atoms with van der Waals surface area (Å²) in [5, 5.41) is 20.8. The smallest absolute Gasteiger partial charge is 0.193 e. The number of phenolic OH excluding ortho intramolecular Hbond substituents is 1. The normalized spacial score (nSPS) is 14.8. The third-order valence-corrected chi connectivity index (χ3v) is 5.47. The summed E-state index contributed by atoms with van der Waals surface area (Å²) in [6, 6.07) is 8.96. The third-order valence-electron chi connectivity index (χ3n) is 5.47. The van der Waals surface area contributed by atoms with Crippen molar-refractivity contribution in [3.63, 3.8) is 0 Å². The average Bonchev–Trinajstić information content (AvgIpc) is 2.79. The number of ether oxygens (including phenoxy) is 2. The molecule has 0 bridgehead atoms. The van der Waals surface area contributed by atoms with Crippen LogP contribution in [0.25, 0.3) is 6.08 Å². The lowest BCUT2D eigenvalue weighted by Crippen LogP contribution is -2.29. The second kappa shape index (κ2) is 10.3. The van der Waals surface area contributed by atoms with Crippen molar-refractivity contribution >= 4 is 11.9 Å². The van der Waals surface area contributed by atoms with E-state index in [1.54, 1.807) is 19.3 Å². The maximum absolute atomic E-state index is 13.0. The van der Waals surface area contributed by atoms with E-state index in [0.717, 1.165) is 37.2 Å². The molecule has 160 valence electrons. The monoisotopic (exact) mass is 411 g/mol. The van der Waals surface area contributed by atoms with Crippen LogP contribution in [0.2, 0.25) is 0 Å². The van der Waals surface area contributed by atoms with Crippen LogP contribution in [0.1, 0.15) is 46.3 Å². The van der Waals surface area contributed by atoms with E-state index in [1.807, 2.05) is 24.3 Å². The number of hydrogen-bond donors (Lipinski definition) is 2. The van der Waals surface area contributed by atoms with Crippen LogP contribution < -0.4 is 9.47 Å². The number of aromatic hydroxyl groups is 1. The summed E-state index contributed by atoms with van der Waals surface area (Å²) in [6.07, 6.45) is 6.54. The zero-order valence-electron chi connectivity index (χ0n) is 17.6. The van der Waals surface area contributed by atoms with E-state index in [9.17, 15) is 15.0 Å². The Kier molecular flexibility index (Phi) is 7.49. The zero-order chi connectivity index (χ0) is 21.5. The van der Waals surface area contributed by atoms with Gasteiger partial charge in [0.25, 0.3) is 0 Å². The molecule has 0 unspecified atom stereocenters. The molecular formula is C24H29NO5. The Bertz CT molecular complexity index is 899. The van der Waals surface area contributed by atoms with E-state index in [1.165, 1.54) is 19.6 Å². The van der Waals surface area contributed by atoms with Gasteiger partial charge in [0.2, 0.25) is 0 Å². The number of ketones is 1. The highest BCUT2D eigenvalue weighted by Gasteiger charge is 2.24. The number of hydrogen-bond acceptors (Lipinski definition) is 6. The number of piperidine rings is 1. The molecule has 0 aromatic heterocycles. The van der Waals surface area contributed by atoms with E-state index in [2.05, 4.69) is 4.90 Å². The molecule has 2 N–H and O–H groups in total. The standard InChI is InChI=1S/C24H29NO5/c1-29-19-9-6-17(7-10-19)8-11-21(27)23-22(30-2)14-18(16-26)20(24(23)28)15-25-12-4-3-5-13-25/h6-11,14,26,28H,3-5,12-13,15-16H2,1-2H3. The fraction of sp³-hybridized carbons (Fsp3) is 0.375. The predicted octanol–water partition coefficient (Wildman–Crippen LogP) is 3.78. The quantitative estimate of drug-likeness (QED) is 0.508. The molecule has 0 amide bonds. The van der Waals surface area contributed by atoms with Crippen molar-refractivity contribution in [2.45, 2.75) is 32.4 Å². The summed E-state index contributed by atoms with van der Waals surface area (Å²) in [6.45, 7) is 2.14. The second-order valence-electron chi connectivity index (χ2n) is 7.41. The van der Waals surface area contributed by atoms with Crippen LogP contribution in [-0.2, 0) is 13.2 Å². The van der Waals surface area contributed by atoms with Gasteiger partial charge in [-0.3, -0.25) is 9.69 Å². The van der Waals surface area contributed by atoms with Crippen LogP contribution >= 0.6 is 0 Å². The molecule has 2 aromatic carbocycles. The van der Waals surface area contributed by atoms with Crippen molar-refractivity contribution in [2.24, 2.45) is 0 Å². The maximum atomic E-state index is 13.0. The Hall–Kier alpha value is -2.83. The summed E-state index contributed by atoms with van der Waals surface area (Å²) < 4.78 is 10.5. The lowest BCUT2D eigenvalue weighted by molar-refractivity contribution is 0.104. The Morgan fingerprint density at radius 3 is 2.40 bits per heavy atom. The molecule has 0 aliphatic carbocycles. The first-order valence-electron chi connectivity index (χ1n) is 10.2. The highest BCUT2D eigenvalue weighted by Crippen LogP contribution is 2.36. The lowest BCUT2D eigenvalue weighted by atomic mass is 9.97. The lowest BCUT2D eigenvalue weighted by Gasteiger charge is -2.28. The molecular weight excluding hydrogens is 382 g/mol. The Morgan fingerprint density at radius 2 is 1.80 bits per heavy atom. The van der Waals surface area contributed by atoms with Crippen molar-refractivity contribution in [3.8, 4) is 17.2 Å². The number of aliphatic hydroxyl groups excluding tert-OH is 1. The first-order valence-corrected chi connectivity index (χ1v) is 10.2. The van der Waals surface area contributed by atoms with Gasteiger partial charge in [0.05, 0.1) is 20.8 Å². The third kappa shape index (κ3) is 5.01. The van der Waals surface area contributed by atoms with Gasteiger partial charge in [-0.05, 0) is 61.3 Å². The molecule has 3 rings (SSSR count).